The molecule has 2 aromatic rings. The van der Waals surface area contributed by atoms with E-state index in [1.54, 1.807) is 0 Å². The summed E-state index contributed by atoms with van der Waals surface area (Å²) in [5.41, 5.74) is -0.337. The summed E-state index contributed by atoms with van der Waals surface area (Å²) in [5, 5.41) is 9.13. The fourth-order valence-corrected chi connectivity index (χ4v) is 0.939. The highest BCUT2D eigenvalue weighted by Crippen LogP contribution is 1.97. The summed E-state index contributed by atoms with van der Waals surface area (Å²) in [6.45, 7) is 0. The highest BCUT2D eigenvalue weighted by atomic mass is 16.5. The number of nitrogens with one attached hydrogen (secondary N) is 1. The van der Waals surface area contributed by atoms with Gasteiger partial charge in [0.2, 0.25) is 0 Å². The molecule has 2 N–H and O–H groups in total. The number of hydrogen-bond donors (Lipinski definition) is 2. The number of aromatic amines is 1. The number of hydrogen-bond acceptors (Lipinski definition) is 3. The average Bonchev–Trinajstić information content (AvgIpc) is 2.59. The summed E-state index contributed by atoms with van der Waals surface area (Å²) in [6, 6.07) is 0. The van der Waals surface area contributed by atoms with Crippen LogP contribution in [0.4, 0.5) is 0 Å². The van der Waals surface area contributed by atoms with Crippen LogP contribution in [0.15, 0.2) is 29.6 Å². The van der Waals surface area contributed by atoms with Gasteiger partial charge in [-0.3, -0.25) is 0 Å². The lowest BCUT2D eigenvalue weighted by molar-refractivity contribution is 0.183. The second-order valence-electron chi connectivity index (χ2n) is 2.21. The van der Waals surface area contributed by atoms with E-state index < -0.39 is 0 Å². The van der Waals surface area contributed by atoms with Crippen molar-refractivity contribution < 1.29 is 5.21 Å². The van der Waals surface area contributed by atoms with Crippen LogP contribution in [0.2, 0.25) is 0 Å². The van der Waals surface area contributed by atoms with Crippen LogP contribution in [-0.2, 0) is 0 Å². The van der Waals surface area contributed by atoms with E-state index in [4.69, 9.17) is 5.21 Å². The molecule has 0 saturated carbocycles. The van der Waals surface area contributed by atoms with E-state index >= 15 is 0 Å². The molecule has 62 valence electrons. The van der Waals surface area contributed by atoms with Crippen molar-refractivity contribution in [3.63, 3.8) is 0 Å². The Bertz CT molecular complexity index is 438. The molecular weight excluding hydrogens is 160 g/mol. The van der Waals surface area contributed by atoms with Gasteiger partial charge in [-0.1, -0.05) is 0 Å². The highest BCUT2D eigenvalue weighted by molar-refractivity contribution is 5.10. The van der Waals surface area contributed by atoms with Gasteiger partial charge in [-0.05, 0) is 0 Å². The number of H-pyrrole nitrogens is 1. The Kier molecular flexibility index (Phi) is 1.26. The van der Waals surface area contributed by atoms with Crippen molar-refractivity contribution >= 4 is 0 Å². The van der Waals surface area contributed by atoms with Crippen molar-refractivity contribution in [1.29, 1.82) is 0 Å². The smallest absolute Gasteiger partial charge is 0.332 e. The van der Waals surface area contributed by atoms with Crippen LogP contribution in [-0.4, -0.2) is 24.5 Å². The van der Waals surface area contributed by atoms with E-state index in [1.165, 1.54) is 29.4 Å². The molecule has 0 aromatic carbocycles. The minimum atomic E-state index is -0.337. The quantitative estimate of drug-likeness (QED) is 0.566. The van der Waals surface area contributed by atoms with E-state index in [1.807, 2.05) is 0 Å². The molecule has 0 aliphatic heterocycles. The standard InChI is InChI=1S/C6H6N4O2/c11-6-8-1-3-9(6)5-7-2-4-10(5)12/h1-4,12H,(H,8,11). The molecule has 0 aliphatic rings. The first-order chi connectivity index (χ1) is 5.79. The Morgan fingerprint density at radius 2 is 2.33 bits per heavy atom. The molecule has 2 heterocycles. The molecule has 6 heteroatoms. The fraction of sp³-hybridized carbons (Fsp3) is 0. The Labute approximate surface area is 66.7 Å². The molecule has 2 rings (SSSR count). The predicted molar refractivity (Wildman–Crippen MR) is 39.4 cm³/mol. The molecule has 0 atom stereocenters. The van der Waals surface area contributed by atoms with Gasteiger partial charge in [0.25, 0.3) is 5.95 Å². The van der Waals surface area contributed by atoms with Gasteiger partial charge < -0.3 is 10.2 Å². The van der Waals surface area contributed by atoms with Crippen molar-refractivity contribution in [2.45, 2.75) is 0 Å². The highest BCUT2D eigenvalue weighted by Gasteiger charge is 2.04. The largest absolute Gasteiger partial charge is 0.425 e. The third kappa shape index (κ3) is 0.815. The third-order valence-electron chi connectivity index (χ3n) is 1.47. The first-order valence-corrected chi connectivity index (χ1v) is 3.28. The van der Waals surface area contributed by atoms with Crippen molar-refractivity contribution in [1.82, 2.24) is 19.3 Å². The van der Waals surface area contributed by atoms with Crippen molar-refractivity contribution in [3.8, 4) is 5.95 Å². The van der Waals surface area contributed by atoms with Gasteiger partial charge in [-0.25, -0.2) is 14.3 Å². The number of aromatic nitrogens is 4. The Balaban J connectivity index is 2.65. The lowest BCUT2D eigenvalue weighted by atomic mass is 10.8. The van der Waals surface area contributed by atoms with E-state index in [9.17, 15) is 4.79 Å². The minimum absolute atomic E-state index is 0.168. The zero-order chi connectivity index (χ0) is 8.55. The van der Waals surface area contributed by atoms with Gasteiger partial charge in [0.1, 0.15) is 0 Å². The van der Waals surface area contributed by atoms with Crippen molar-refractivity contribution in [2.75, 3.05) is 0 Å². The molecule has 0 amide bonds. The second kappa shape index (κ2) is 2.26. The predicted octanol–water partition coefficient (Wildman–Crippen LogP) is -0.401. The monoisotopic (exact) mass is 166 g/mol. The van der Waals surface area contributed by atoms with E-state index in [0.29, 0.717) is 0 Å². The van der Waals surface area contributed by atoms with Crippen molar-refractivity contribution in [2.24, 2.45) is 0 Å². The van der Waals surface area contributed by atoms with E-state index in [-0.39, 0.29) is 11.6 Å². The maximum absolute atomic E-state index is 11.0. The molecule has 6 nitrogen and oxygen atoms in total. The Morgan fingerprint density at radius 3 is 2.83 bits per heavy atom. The molecule has 0 bridgehead atoms. The van der Waals surface area contributed by atoms with Gasteiger partial charge >= 0.3 is 5.69 Å². The van der Waals surface area contributed by atoms with Crippen LogP contribution >= 0.6 is 0 Å². The molecule has 0 fully saturated rings. The molecule has 0 saturated heterocycles. The number of imidazole rings is 2. The molecule has 0 aliphatic carbocycles. The molecular formula is C6H6N4O2. The van der Waals surface area contributed by atoms with Crippen LogP contribution in [0, 0.1) is 0 Å². The van der Waals surface area contributed by atoms with Crippen LogP contribution in [0.25, 0.3) is 5.95 Å². The molecule has 2 aromatic heterocycles. The molecule has 0 unspecified atom stereocenters. The summed E-state index contributed by atoms with van der Waals surface area (Å²) in [7, 11) is 0. The molecule has 12 heavy (non-hydrogen) atoms. The lowest BCUT2D eigenvalue weighted by Crippen LogP contribution is -2.17. The minimum Gasteiger partial charge on any atom is -0.425 e. The third-order valence-corrected chi connectivity index (χ3v) is 1.47. The van der Waals surface area contributed by atoms with Crippen LogP contribution in [0.3, 0.4) is 0 Å². The first-order valence-electron chi connectivity index (χ1n) is 3.28. The Morgan fingerprint density at radius 1 is 1.50 bits per heavy atom. The topological polar surface area (TPSA) is 75.8 Å². The fourth-order valence-electron chi connectivity index (χ4n) is 0.939. The van der Waals surface area contributed by atoms with Gasteiger partial charge in [0, 0.05) is 12.4 Å². The molecule has 0 radical (unpaired) electrons. The summed E-state index contributed by atoms with van der Waals surface area (Å²) in [5.74, 6) is 0.168. The molecule has 0 spiro atoms. The van der Waals surface area contributed by atoms with E-state index in [2.05, 4.69) is 9.97 Å². The second-order valence-corrected chi connectivity index (χ2v) is 2.21. The van der Waals surface area contributed by atoms with Gasteiger partial charge in [-0.2, -0.15) is 4.73 Å². The van der Waals surface area contributed by atoms with Crippen LogP contribution < -0.4 is 5.69 Å². The van der Waals surface area contributed by atoms with E-state index in [0.717, 1.165) is 4.73 Å². The SMILES string of the molecule is O=c1[nH]ccn1-c1nccn1O. The zero-order valence-corrected chi connectivity index (χ0v) is 6.01. The summed E-state index contributed by atoms with van der Waals surface area (Å²) in [4.78, 5) is 17.2. The van der Waals surface area contributed by atoms with Crippen molar-refractivity contribution in [3.05, 3.63) is 35.3 Å². The van der Waals surface area contributed by atoms with Gasteiger partial charge in [0.05, 0.1) is 12.4 Å². The van der Waals surface area contributed by atoms with Crippen LogP contribution in [0.1, 0.15) is 0 Å². The maximum atomic E-state index is 11.0. The summed E-state index contributed by atoms with van der Waals surface area (Å²) < 4.78 is 1.97. The van der Waals surface area contributed by atoms with Gasteiger partial charge in [-0.15, -0.1) is 0 Å². The average molecular weight is 166 g/mol. The number of rotatable bonds is 1. The first kappa shape index (κ1) is 6.71. The van der Waals surface area contributed by atoms with Gasteiger partial charge in [0.15, 0.2) is 0 Å². The summed E-state index contributed by atoms with van der Waals surface area (Å²) in [6.07, 6.45) is 5.69. The lowest BCUT2D eigenvalue weighted by Gasteiger charge is -1.97. The summed E-state index contributed by atoms with van der Waals surface area (Å²) >= 11 is 0. The maximum Gasteiger partial charge on any atom is 0.332 e. The Hall–Kier alpha value is -1.98. The number of nitrogens with zero attached hydrogens (tertiary/aromatic N) is 3. The normalized spacial score (nSPS) is 10.3. The zero-order valence-electron chi connectivity index (χ0n) is 6.01. The van der Waals surface area contributed by atoms with Crippen LogP contribution in [0.5, 0.6) is 0 Å².